The molecule has 14 unspecified atom stereocenters. The van der Waals surface area contributed by atoms with Crippen LogP contribution < -0.4 is 45.0 Å². The maximum atomic E-state index is 13.0. The molecule has 0 aromatic carbocycles. The van der Waals surface area contributed by atoms with Gasteiger partial charge in [-0.2, -0.15) is 0 Å². The number of ether oxygens (including phenoxy) is 4. The number of rotatable bonds is 20. The fourth-order valence-electron chi connectivity index (χ4n) is 8.75. The smallest absolute Gasteiger partial charge is 0.330 e. The van der Waals surface area contributed by atoms with Gasteiger partial charge in [-0.25, -0.2) is 19.2 Å². The standard InChI is InChI=1S/C40H53N8O23P3S3/c1-17-9-45(37(55)41-33(17)51)29-5-21(50)26(66-29)14-62-72(59,75)70-23-7-31(47-11-19(3)35(53)43-39(47)57)68-28(23)16-64-74(61,77)71-24-8-32(48-12-20(4)36(54)44-40(48)58)67-27(24)15-63-73(60,76)69-22-6-30(65-25(22)13-49)46-10-18(2)34(52)42-38(46)56/h9-12,21-32,49-50H,5-8,13-16H2,1-4H3,(H,59,75)(H,60,76)(H,61,77)(H,41,51,55)(H,42,52,56)(H,43,53,57)(H,44,54,58)/t21?,22?,23?,24?,25?,26?,27?,28?,29?,30-,31?,32?,72?,73?,74?/m1/s1. The van der Waals surface area contributed by atoms with Gasteiger partial charge in [0.15, 0.2) is 0 Å². The second-order valence-corrected chi connectivity index (χ2v) is 26.7. The number of hydrogen-bond donors (Lipinski definition) is 9. The zero-order valence-electron chi connectivity index (χ0n) is 40.8. The van der Waals surface area contributed by atoms with Gasteiger partial charge in [0.25, 0.3) is 22.2 Å². The van der Waals surface area contributed by atoms with Crippen LogP contribution in [0, 0.1) is 27.7 Å². The third-order valence-electron chi connectivity index (χ3n) is 12.8. The Bertz CT molecular complexity index is 3530. The Balaban J connectivity index is 0.963. The summed E-state index contributed by atoms with van der Waals surface area (Å²) in [7, 11) is 0. The molecule has 0 amide bonds. The number of hydrogen-bond acceptors (Lipinski definition) is 23. The van der Waals surface area contributed by atoms with Crippen LogP contribution >= 0.6 is 20.2 Å². The van der Waals surface area contributed by atoms with Crippen molar-refractivity contribution in [3.8, 4) is 0 Å². The minimum atomic E-state index is -4.50. The summed E-state index contributed by atoms with van der Waals surface area (Å²) in [6.45, 7) is -9.94. The zero-order valence-corrected chi connectivity index (χ0v) is 46.0. The Morgan fingerprint density at radius 3 is 1.05 bits per heavy atom. The summed E-state index contributed by atoms with van der Waals surface area (Å²) < 4.78 is 62.7. The number of aliphatic hydroxyl groups excluding tert-OH is 2. The molecule has 37 heteroatoms. The third kappa shape index (κ3) is 14.0. The molecule has 4 aromatic heterocycles. The van der Waals surface area contributed by atoms with Crippen LogP contribution in [-0.2, 0) is 81.5 Å². The van der Waals surface area contributed by atoms with Crippen LogP contribution in [0.25, 0.3) is 0 Å². The summed E-state index contributed by atoms with van der Waals surface area (Å²) in [5.41, 5.74) is -5.31. The number of aliphatic hydroxyl groups is 2. The van der Waals surface area contributed by atoms with E-state index in [1.165, 1.54) is 52.5 Å². The van der Waals surface area contributed by atoms with Gasteiger partial charge in [-0.15, -0.1) is 0 Å². The van der Waals surface area contributed by atoms with Crippen molar-refractivity contribution in [3.05, 3.63) is 130 Å². The van der Waals surface area contributed by atoms with E-state index in [-0.39, 0.29) is 47.9 Å². The van der Waals surface area contributed by atoms with E-state index in [0.29, 0.717) is 0 Å². The molecule has 0 aliphatic carbocycles. The van der Waals surface area contributed by atoms with Crippen LogP contribution in [0.4, 0.5) is 0 Å². The summed E-state index contributed by atoms with van der Waals surface area (Å²) >= 11 is 16.1. The topological polar surface area (TPSA) is 413 Å². The minimum Gasteiger partial charge on any atom is -0.394 e. The van der Waals surface area contributed by atoms with Crippen molar-refractivity contribution in [1.82, 2.24) is 38.2 Å². The van der Waals surface area contributed by atoms with Gasteiger partial charge in [0.1, 0.15) is 49.3 Å². The molecule has 4 aliphatic heterocycles. The first-order chi connectivity index (χ1) is 36.1. The number of aromatic nitrogens is 8. The molecule has 0 saturated carbocycles. The highest BCUT2D eigenvalue weighted by Gasteiger charge is 2.46. The molecule has 0 radical (unpaired) electrons. The van der Waals surface area contributed by atoms with Crippen molar-refractivity contribution in [2.24, 2.45) is 0 Å². The molecule has 4 aliphatic rings. The van der Waals surface area contributed by atoms with Crippen molar-refractivity contribution >= 4 is 55.6 Å². The maximum Gasteiger partial charge on any atom is 0.330 e. The fraction of sp³-hybridized carbons (Fsp3) is 0.600. The molecule has 0 spiro atoms. The Hall–Kier alpha value is -3.93. The van der Waals surface area contributed by atoms with Crippen LogP contribution in [0.15, 0.2) is 63.1 Å². The number of nitrogens with zero attached hydrogens (tertiary/aromatic N) is 4. The highest BCUT2D eigenvalue weighted by atomic mass is 32.5. The number of nitrogens with one attached hydrogen (secondary N) is 4. The van der Waals surface area contributed by atoms with Crippen molar-refractivity contribution in [3.63, 3.8) is 0 Å². The summed E-state index contributed by atoms with van der Waals surface area (Å²) in [5, 5.41) is 20.9. The van der Waals surface area contributed by atoms with E-state index in [2.05, 4.69) is 19.9 Å². The summed E-state index contributed by atoms with van der Waals surface area (Å²) in [6.07, 6.45) is -10.4. The molecular formula is C40H53N8O23P3S3. The zero-order chi connectivity index (χ0) is 56.1. The minimum absolute atomic E-state index is 0.109. The predicted octanol–water partition coefficient (Wildman–Crippen LogP) is -2.22. The maximum absolute atomic E-state index is 13.0. The van der Waals surface area contributed by atoms with Gasteiger partial charge < -0.3 is 71.0 Å². The van der Waals surface area contributed by atoms with E-state index < -0.39 is 165 Å². The number of aryl methyl sites for hydroxylation is 4. The molecule has 4 aromatic rings. The molecule has 0 bridgehead atoms. The highest BCUT2D eigenvalue weighted by molar-refractivity contribution is 8.07. The average molecular weight is 1200 g/mol. The van der Waals surface area contributed by atoms with Gasteiger partial charge in [-0.05, 0) is 63.1 Å². The first-order valence-corrected chi connectivity index (χ1v) is 31.0. The van der Waals surface area contributed by atoms with Crippen LogP contribution in [0.3, 0.4) is 0 Å². The van der Waals surface area contributed by atoms with Crippen LogP contribution in [0.2, 0.25) is 0 Å². The van der Waals surface area contributed by atoms with E-state index in [4.69, 9.17) is 81.5 Å². The van der Waals surface area contributed by atoms with Gasteiger partial charge in [-0.1, -0.05) is 0 Å². The Morgan fingerprint density at radius 1 is 0.481 bits per heavy atom. The number of H-pyrrole nitrogens is 4. The van der Waals surface area contributed by atoms with Crippen molar-refractivity contribution in [2.75, 3.05) is 26.4 Å². The number of aromatic amines is 4. The first kappa shape index (κ1) is 59.2. The van der Waals surface area contributed by atoms with Crippen LogP contribution in [0.5, 0.6) is 0 Å². The molecule has 77 heavy (non-hydrogen) atoms. The van der Waals surface area contributed by atoms with E-state index in [0.717, 1.165) is 18.3 Å². The molecule has 31 nitrogen and oxygen atoms in total. The van der Waals surface area contributed by atoms with E-state index >= 15 is 0 Å². The third-order valence-corrected chi connectivity index (χ3v) is 17.5. The van der Waals surface area contributed by atoms with Gasteiger partial charge in [0.2, 0.25) is 0 Å². The fourth-order valence-corrected chi connectivity index (χ4v) is 13.2. The van der Waals surface area contributed by atoms with Crippen molar-refractivity contribution < 1.29 is 71.0 Å². The van der Waals surface area contributed by atoms with Gasteiger partial charge in [0.05, 0.1) is 50.8 Å². The Kier molecular flexibility index (Phi) is 18.2. The van der Waals surface area contributed by atoms with Gasteiger partial charge >= 0.3 is 42.9 Å². The second-order valence-electron chi connectivity index (χ2n) is 18.3. The lowest BCUT2D eigenvalue weighted by molar-refractivity contribution is -0.0572. The average Bonchev–Trinajstić information content (AvgIpc) is 4.15. The van der Waals surface area contributed by atoms with Gasteiger partial charge in [0, 0.05) is 72.7 Å². The first-order valence-electron chi connectivity index (χ1n) is 23.3. The van der Waals surface area contributed by atoms with Crippen LogP contribution in [-0.4, -0.2) is 138 Å². The summed E-state index contributed by atoms with van der Waals surface area (Å²) in [6, 6.07) is 0. The lowest BCUT2D eigenvalue weighted by Crippen LogP contribution is -2.33. The van der Waals surface area contributed by atoms with E-state index in [9.17, 15) is 63.2 Å². The summed E-state index contributed by atoms with van der Waals surface area (Å²) in [4.78, 5) is 142. The lowest BCUT2D eigenvalue weighted by Gasteiger charge is -2.28. The molecule has 8 rings (SSSR count). The molecule has 8 heterocycles. The highest BCUT2D eigenvalue weighted by Crippen LogP contribution is 2.54. The summed E-state index contributed by atoms with van der Waals surface area (Å²) in [5.74, 6) is 0. The van der Waals surface area contributed by atoms with Crippen molar-refractivity contribution in [2.45, 2.75) is 127 Å². The predicted molar refractivity (Wildman–Crippen MR) is 273 cm³/mol. The normalized spacial score (nSPS) is 29.8. The molecule has 9 N–H and O–H groups in total. The van der Waals surface area contributed by atoms with Crippen molar-refractivity contribution in [1.29, 1.82) is 0 Å². The molecular weight excluding hydrogens is 1150 g/mol. The largest absolute Gasteiger partial charge is 0.394 e. The Morgan fingerprint density at radius 2 is 0.740 bits per heavy atom. The molecule has 4 fully saturated rings. The SMILES string of the molecule is Cc1cn(C2CC(O)C(COP(O)(=S)OC3CC(n4cc(C)c(=O)[nH]c4=O)OC3COP(O)(=S)OC3CC(n4cc(C)c(=O)[nH]c4=O)OC3COP(O)(=S)OC3C[C@H](n4cc(C)c(=O)[nH]c4=O)OC3CO)O2)c(=O)[nH]c1=O. The molecule has 424 valence electrons. The van der Waals surface area contributed by atoms with E-state index in [1.54, 1.807) is 0 Å². The molecule has 15 atom stereocenters. The lowest BCUT2D eigenvalue weighted by atomic mass is 10.2. The molecule has 4 saturated heterocycles. The second kappa shape index (κ2) is 23.6. The van der Waals surface area contributed by atoms with Crippen LogP contribution in [0.1, 0.15) is 72.8 Å². The quantitative estimate of drug-likeness (QED) is 0.0423. The van der Waals surface area contributed by atoms with E-state index in [1.807, 2.05) is 0 Å². The Labute approximate surface area is 446 Å². The van der Waals surface area contributed by atoms with Gasteiger partial charge in [-0.3, -0.25) is 57.4 Å². The monoisotopic (exact) mass is 1200 g/mol.